The standard InChI is InChI=1S/C19H15NO3S/c21-20(22)19-11-4-2-7-16(19)12-13-24(23)14-17-9-5-8-15-6-1-3-10-18(15)17/h1-13H,14H2. The van der Waals surface area contributed by atoms with E-state index in [-0.39, 0.29) is 5.69 Å². The molecule has 3 aromatic rings. The summed E-state index contributed by atoms with van der Waals surface area (Å²) >= 11 is -1.25. The SMILES string of the molecule is O=[N+]([O-])c1ccccc1C=C[S+]([O-])Cc1cccc2ccccc12. The molecule has 0 spiro atoms. The van der Waals surface area contributed by atoms with Crippen LogP contribution in [0.1, 0.15) is 11.1 Å². The molecule has 0 amide bonds. The minimum Gasteiger partial charge on any atom is -0.612 e. The first-order chi connectivity index (χ1) is 11.6. The van der Waals surface area contributed by atoms with Crippen molar-refractivity contribution in [1.82, 2.24) is 0 Å². The van der Waals surface area contributed by atoms with Crippen LogP contribution < -0.4 is 0 Å². The number of fused-ring (bicyclic) bond motifs is 1. The maximum Gasteiger partial charge on any atom is 0.276 e. The number of nitro benzene ring substituents is 1. The van der Waals surface area contributed by atoms with Crippen LogP contribution in [0, 0.1) is 10.1 Å². The Morgan fingerprint density at radius 2 is 1.67 bits per heavy atom. The van der Waals surface area contributed by atoms with E-state index in [1.807, 2.05) is 42.5 Å². The third-order valence-electron chi connectivity index (χ3n) is 3.71. The van der Waals surface area contributed by atoms with Crippen LogP contribution in [0.15, 0.2) is 72.1 Å². The van der Waals surface area contributed by atoms with Crippen LogP contribution in [-0.2, 0) is 16.9 Å². The Kier molecular flexibility index (Phi) is 4.93. The van der Waals surface area contributed by atoms with Crippen molar-refractivity contribution in [2.24, 2.45) is 0 Å². The molecule has 0 aliphatic carbocycles. The van der Waals surface area contributed by atoms with Crippen molar-refractivity contribution < 1.29 is 9.48 Å². The van der Waals surface area contributed by atoms with Crippen molar-refractivity contribution >= 4 is 33.7 Å². The number of benzene rings is 3. The summed E-state index contributed by atoms with van der Waals surface area (Å²) in [5.74, 6) is 0.373. The van der Waals surface area contributed by atoms with Crippen LogP contribution >= 0.6 is 0 Å². The second-order valence-electron chi connectivity index (χ2n) is 5.28. The molecular weight excluding hydrogens is 322 g/mol. The molecule has 5 heteroatoms. The number of rotatable bonds is 5. The summed E-state index contributed by atoms with van der Waals surface area (Å²) in [4.78, 5) is 10.6. The number of hydrogen-bond acceptors (Lipinski definition) is 3. The highest BCUT2D eigenvalue weighted by atomic mass is 32.2. The lowest BCUT2D eigenvalue weighted by atomic mass is 10.1. The zero-order chi connectivity index (χ0) is 16.9. The van der Waals surface area contributed by atoms with Gasteiger partial charge in [0.25, 0.3) is 5.69 Å². The average Bonchev–Trinajstić information content (AvgIpc) is 2.60. The summed E-state index contributed by atoms with van der Waals surface area (Å²) < 4.78 is 12.4. The lowest BCUT2D eigenvalue weighted by molar-refractivity contribution is -0.385. The molecule has 1 unspecified atom stereocenters. The molecule has 4 nitrogen and oxygen atoms in total. The van der Waals surface area contributed by atoms with E-state index in [1.165, 1.54) is 11.5 Å². The van der Waals surface area contributed by atoms with Crippen molar-refractivity contribution in [1.29, 1.82) is 0 Å². The molecular formula is C19H15NO3S. The van der Waals surface area contributed by atoms with E-state index in [0.29, 0.717) is 11.3 Å². The summed E-state index contributed by atoms with van der Waals surface area (Å²) in [6.07, 6.45) is 1.55. The van der Waals surface area contributed by atoms with Gasteiger partial charge in [0.2, 0.25) is 0 Å². The fraction of sp³-hybridized carbons (Fsp3) is 0.0526. The minimum absolute atomic E-state index is 0.0101. The normalized spacial score (nSPS) is 12.5. The Hall–Kier alpha value is -2.63. The van der Waals surface area contributed by atoms with Crippen molar-refractivity contribution in [2.75, 3.05) is 0 Å². The number of nitrogens with zero attached hydrogens (tertiary/aromatic N) is 1. The molecule has 0 aliphatic rings. The summed E-state index contributed by atoms with van der Waals surface area (Å²) in [5, 5.41) is 14.7. The van der Waals surface area contributed by atoms with Gasteiger partial charge in [0.05, 0.1) is 10.5 Å². The van der Waals surface area contributed by atoms with Gasteiger partial charge in [-0.3, -0.25) is 10.1 Å². The summed E-state index contributed by atoms with van der Waals surface area (Å²) in [7, 11) is 0. The van der Waals surface area contributed by atoms with E-state index in [2.05, 4.69) is 0 Å². The first kappa shape index (κ1) is 16.2. The molecule has 3 aromatic carbocycles. The zero-order valence-corrected chi connectivity index (χ0v) is 13.6. The van der Waals surface area contributed by atoms with E-state index in [0.717, 1.165) is 16.3 Å². The Morgan fingerprint density at radius 3 is 2.50 bits per heavy atom. The first-order valence-corrected chi connectivity index (χ1v) is 8.79. The Morgan fingerprint density at radius 1 is 0.958 bits per heavy atom. The predicted molar refractivity (Wildman–Crippen MR) is 97.9 cm³/mol. The molecule has 0 aliphatic heterocycles. The third-order valence-corrected chi connectivity index (χ3v) is 4.75. The molecule has 0 saturated heterocycles. The van der Waals surface area contributed by atoms with Gasteiger partial charge < -0.3 is 4.55 Å². The van der Waals surface area contributed by atoms with Gasteiger partial charge in [0.1, 0.15) is 11.2 Å². The summed E-state index contributed by atoms with van der Waals surface area (Å²) in [6.45, 7) is 0. The fourth-order valence-electron chi connectivity index (χ4n) is 2.56. The predicted octanol–water partition coefficient (Wildman–Crippen LogP) is 4.67. The van der Waals surface area contributed by atoms with Crippen LogP contribution in [0.4, 0.5) is 5.69 Å². The molecule has 24 heavy (non-hydrogen) atoms. The lowest BCUT2D eigenvalue weighted by Crippen LogP contribution is -2.01. The topological polar surface area (TPSA) is 66.2 Å². The molecule has 0 heterocycles. The molecule has 0 aromatic heterocycles. The summed E-state index contributed by atoms with van der Waals surface area (Å²) in [6, 6.07) is 20.3. The van der Waals surface area contributed by atoms with E-state index in [4.69, 9.17) is 0 Å². The van der Waals surface area contributed by atoms with Gasteiger partial charge in [0.15, 0.2) is 0 Å². The van der Waals surface area contributed by atoms with Crippen LogP contribution in [0.3, 0.4) is 0 Å². The second-order valence-corrected chi connectivity index (χ2v) is 6.60. The van der Waals surface area contributed by atoms with Crippen LogP contribution in [-0.4, -0.2) is 9.48 Å². The van der Waals surface area contributed by atoms with Crippen LogP contribution in [0.25, 0.3) is 16.8 Å². The maximum atomic E-state index is 12.4. The van der Waals surface area contributed by atoms with Gasteiger partial charge in [-0.15, -0.1) is 0 Å². The largest absolute Gasteiger partial charge is 0.612 e. The van der Waals surface area contributed by atoms with Gasteiger partial charge in [-0.25, -0.2) is 0 Å². The monoisotopic (exact) mass is 337 g/mol. The fourth-order valence-corrected chi connectivity index (χ4v) is 3.52. The van der Waals surface area contributed by atoms with Crippen molar-refractivity contribution in [3.05, 3.63) is 93.4 Å². The molecule has 0 radical (unpaired) electrons. The number of hydrogen-bond donors (Lipinski definition) is 0. The summed E-state index contributed by atoms with van der Waals surface area (Å²) in [5.41, 5.74) is 1.46. The molecule has 0 bridgehead atoms. The molecule has 0 saturated carbocycles. The van der Waals surface area contributed by atoms with Gasteiger partial charge in [-0.1, -0.05) is 54.6 Å². The Bertz CT molecular complexity index is 903. The van der Waals surface area contributed by atoms with E-state index in [1.54, 1.807) is 24.3 Å². The highest BCUT2D eigenvalue weighted by Crippen LogP contribution is 2.23. The Labute approximate surface area is 142 Å². The number of nitro groups is 1. The van der Waals surface area contributed by atoms with Crippen molar-refractivity contribution in [3.8, 4) is 0 Å². The van der Waals surface area contributed by atoms with Gasteiger partial charge >= 0.3 is 0 Å². The van der Waals surface area contributed by atoms with Crippen LogP contribution in [0.5, 0.6) is 0 Å². The molecule has 1 atom stereocenters. The highest BCUT2D eigenvalue weighted by Gasteiger charge is 2.12. The molecule has 3 rings (SSSR count). The molecule has 0 fully saturated rings. The molecule has 0 N–H and O–H groups in total. The van der Waals surface area contributed by atoms with E-state index < -0.39 is 16.1 Å². The van der Waals surface area contributed by atoms with E-state index >= 15 is 0 Å². The number of para-hydroxylation sites is 1. The van der Waals surface area contributed by atoms with E-state index in [9.17, 15) is 14.7 Å². The average molecular weight is 337 g/mol. The van der Waals surface area contributed by atoms with Gasteiger partial charge in [-0.2, -0.15) is 0 Å². The van der Waals surface area contributed by atoms with Gasteiger partial charge in [-0.05, 0) is 34.1 Å². The molecule has 120 valence electrons. The van der Waals surface area contributed by atoms with Crippen LogP contribution in [0.2, 0.25) is 0 Å². The smallest absolute Gasteiger partial charge is 0.276 e. The second kappa shape index (κ2) is 7.29. The quantitative estimate of drug-likeness (QED) is 0.386. The lowest BCUT2D eigenvalue weighted by Gasteiger charge is -2.08. The Balaban J connectivity index is 1.81. The van der Waals surface area contributed by atoms with Crippen molar-refractivity contribution in [3.63, 3.8) is 0 Å². The maximum absolute atomic E-state index is 12.4. The third kappa shape index (κ3) is 3.64. The first-order valence-electron chi connectivity index (χ1n) is 7.40. The van der Waals surface area contributed by atoms with Gasteiger partial charge in [0, 0.05) is 11.6 Å². The minimum atomic E-state index is -1.25. The highest BCUT2D eigenvalue weighted by molar-refractivity contribution is 7.93. The van der Waals surface area contributed by atoms with Crippen molar-refractivity contribution in [2.45, 2.75) is 5.75 Å². The zero-order valence-electron chi connectivity index (χ0n) is 12.8.